The number of hydrogen-bond donors (Lipinski definition) is 1. The maximum absolute atomic E-state index is 13.5. The number of methoxy groups -OCH3 is 1. The van der Waals surface area contributed by atoms with E-state index in [1.165, 1.54) is 0 Å². The fraction of sp³-hybridized carbons (Fsp3) is 0.179. The summed E-state index contributed by atoms with van der Waals surface area (Å²) < 4.78 is 13.9. The van der Waals surface area contributed by atoms with E-state index in [1.54, 1.807) is 40.8 Å². The minimum atomic E-state index is -0.425. The number of benzene rings is 3. The van der Waals surface area contributed by atoms with Crippen LogP contribution in [0.25, 0.3) is 28.0 Å². The Bertz CT molecular complexity index is 1600. The summed E-state index contributed by atoms with van der Waals surface area (Å²) in [6.07, 6.45) is 1.72. The van der Waals surface area contributed by atoms with E-state index >= 15 is 0 Å². The van der Waals surface area contributed by atoms with Crippen LogP contribution in [-0.4, -0.2) is 52.9 Å². The van der Waals surface area contributed by atoms with Gasteiger partial charge in [-0.15, -0.1) is 0 Å². The Kier molecular flexibility index (Phi) is 6.61. The molecule has 9 heteroatoms. The molecule has 5 rings (SSSR count). The van der Waals surface area contributed by atoms with Crippen molar-refractivity contribution in [2.75, 3.05) is 33.1 Å². The Morgan fingerprint density at radius 3 is 2.51 bits per heavy atom. The van der Waals surface area contributed by atoms with Crippen molar-refractivity contribution in [1.82, 2.24) is 19.2 Å². The summed E-state index contributed by atoms with van der Waals surface area (Å²) in [6.45, 7) is 1.15. The van der Waals surface area contributed by atoms with Gasteiger partial charge in [-0.05, 0) is 68.7 Å². The number of aromatic nitrogens is 3. The van der Waals surface area contributed by atoms with Gasteiger partial charge in [-0.25, -0.2) is 9.48 Å². The first kappa shape index (κ1) is 24.1. The highest BCUT2D eigenvalue weighted by atomic mass is 16.5. The average molecular weight is 498 g/mol. The van der Waals surface area contributed by atoms with Gasteiger partial charge in [0.05, 0.1) is 23.9 Å². The molecule has 0 saturated carbocycles. The molecule has 0 aliphatic carbocycles. The number of oxazole rings is 1. The Morgan fingerprint density at radius 2 is 1.81 bits per heavy atom. The standard InChI is InChI=1S/C28H27N5O4/c1-31(2)15-16-32-24-17-20(11-14-25(24)37-28(32)35)29-27(34)23-18-33(21-7-5-4-6-8-21)30-26(23)19-9-12-22(36-3)13-10-19/h4-14,17-18H,15-16H2,1-3H3,(H,29,34). The van der Waals surface area contributed by atoms with Crippen LogP contribution in [0.4, 0.5) is 5.69 Å². The molecule has 3 aromatic carbocycles. The fourth-order valence-corrected chi connectivity index (χ4v) is 4.07. The number of rotatable bonds is 8. The van der Waals surface area contributed by atoms with Crippen molar-refractivity contribution in [2.24, 2.45) is 0 Å². The Balaban J connectivity index is 1.50. The lowest BCUT2D eigenvalue weighted by Gasteiger charge is -2.10. The zero-order chi connectivity index (χ0) is 25.9. The number of para-hydroxylation sites is 1. The Labute approximate surface area is 213 Å². The number of amides is 1. The van der Waals surface area contributed by atoms with E-state index in [0.717, 1.165) is 11.3 Å². The van der Waals surface area contributed by atoms with Gasteiger partial charge in [0.15, 0.2) is 5.58 Å². The minimum absolute atomic E-state index is 0.321. The van der Waals surface area contributed by atoms with E-state index in [9.17, 15) is 9.59 Å². The van der Waals surface area contributed by atoms with Crippen LogP contribution in [0.3, 0.4) is 0 Å². The summed E-state index contributed by atoms with van der Waals surface area (Å²) in [7, 11) is 5.48. The van der Waals surface area contributed by atoms with Crippen molar-refractivity contribution in [3.8, 4) is 22.7 Å². The molecule has 0 radical (unpaired) electrons. The molecule has 0 saturated heterocycles. The summed E-state index contributed by atoms with van der Waals surface area (Å²) in [5, 5.41) is 7.69. The zero-order valence-corrected chi connectivity index (χ0v) is 20.8. The Hall–Kier alpha value is -4.63. The molecule has 0 spiro atoms. The molecule has 1 N–H and O–H groups in total. The molecular weight excluding hydrogens is 470 g/mol. The van der Waals surface area contributed by atoms with Gasteiger partial charge in [0.1, 0.15) is 11.4 Å². The summed E-state index contributed by atoms with van der Waals surface area (Å²) in [5.41, 5.74) is 4.20. The second kappa shape index (κ2) is 10.2. The molecule has 0 bridgehead atoms. The van der Waals surface area contributed by atoms with Gasteiger partial charge in [-0.2, -0.15) is 5.10 Å². The van der Waals surface area contributed by atoms with Gasteiger partial charge in [0, 0.05) is 30.5 Å². The summed E-state index contributed by atoms with van der Waals surface area (Å²) in [5.74, 6) is -0.0322. The van der Waals surface area contributed by atoms with Crippen LogP contribution in [0, 0.1) is 0 Å². The van der Waals surface area contributed by atoms with E-state index in [0.29, 0.717) is 46.9 Å². The van der Waals surface area contributed by atoms with Crippen LogP contribution in [0.15, 0.2) is 88.2 Å². The summed E-state index contributed by atoms with van der Waals surface area (Å²) in [4.78, 5) is 27.9. The molecule has 5 aromatic rings. The summed E-state index contributed by atoms with van der Waals surface area (Å²) in [6, 6.07) is 22.2. The van der Waals surface area contributed by atoms with Crippen molar-refractivity contribution >= 4 is 22.7 Å². The van der Waals surface area contributed by atoms with Crippen molar-refractivity contribution < 1.29 is 13.9 Å². The monoisotopic (exact) mass is 497 g/mol. The Morgan fingerprint density at radius 1 is 1.05 bits per heavy atom. The predicted molar refractivity (Wildman–Crippen MR) is 143 cm³/mol. The number of nitrogens with one attached hydrogen (secondary N) is 1. The first-order valence-electron chi connectivity index (χ1n) is 11.8. The molecular formula is C28H27N5O4. The van der Waals surface area contributed by atoms with Crippen LogP contribution in [0.2, 0.25) is 0 Å². The number of hydrogen-bond acceptors (Lipinski definition) is 6. The van der Waals surface area contributed by atoms with E-state index in [1.807, 2.05) is 73.6 Å². The van der Waals surface area contributed by atoms with Crippen LogP contribution >= 0.6 is 0 Å². The average Bonchev–Trinajstić information content (AvgIpc) is 3.49. The molecule has 2 heterocycles. The van der Waals surface area contributed by atoms with Crippen molar-refractivity contribution in [1.29, 1.82) is 0 Å². The highest BCUT2D eigenvalue weighted by Gasteiger charge is 2.20. The van der Waals surface area contributed by atoms with Gasteiger partial charge in [-0.3, -0.25) is 9.36 Å². The van der Waals surface area contributed by atoms with Crippen molar-refractivity contribution in [2.45, 2.75) is 6.54 Å². The number of fused-ring (bicyclic) bond motifs is 1. The molecule has 9 nitrogen and oxygen atoms in total. The quantitative estimate of drug-likeness (QED) is 0.344. The van der Waals surface area contributed by atoms with Crippen LogP contribution in [0.1, 0.15) is 10.4 Å². The third-order valence-electron chi connectivity index (χ3n) is 6.04. The highest BCUT2D eigenvalue weighted by Crippen LogP contribution is 2.27. The third-order valence-corrected chi connectivity index (χ3v) is 6.04. The first-order chi connectivity index (χ1) is 17.9. The smallest absolute Gasteiger partial charge is 0.419 e. The van der Waals surface area contributed by atoms with Gasteiger partial charge in [-0.1, -0.05) is 18.2 Å². The molecule has 0 atom stereocenters. The van der Waals surface area contributed by atoms with Crippen LogP contribution in [0.5, 0.6) is 5.75 Å². The minimum Gasteiger partial charge on any atom is -0.497 e. The lowest BCUT2D eigenvalue weighted by molar-refractivity contribution is 0.102. The van der Waals surface area contributed by atoms with Crippen molar-refractivity contribution in [3.63, 3.8) is 0 Å². The second-order valence-corrected chi connectivity index (χ2v) is 8.86. The lowest BCUT2D eigenvalue weighted by atomic mass is 10.1. The van der Waals surface area contributed by atoms with Gasteiger partial charge >= 0.3 is 5.76 Å². The second-order valence-electron chi connectivity index (χ2n) is 8.86. The van der Waals surface area contributed by atoms with E-state index in [-0.39, 0.29) is 5.91 Å². The van der Waals surface area contributed by atoms with Gasteiger partial charge < -0.3 is 19.4 Å². The highest BCUT2D eigenvalue weighted by molar-refractivity contribution is 6.08. The number of nitrogens with zero attached hydrogens (tertiary/aromatic N) is 4. The van der Waals surface area contributed by atoms with Gasteiger partial charge in [0.25, 0.3) is 5.91 Å². The molecule has 0 unspecified atom stereocenters. The van der Waals surface area contributed by atoms with Crippen molar-refractivity contribution in [3.05, 3.63) is 95.1 Å². The van der Waals surface area contributed by atoms with E-state index in [4.69, 9.17) is 14.3 Å². The predicted octanol–water partition coefficient (Wildman–Crippen LogP) is 4.27. The van der Waals surface area contributed by atoms with Gasteiger partial charge in [0.2, 0.25) is 0 Å². The molecule has 0 fully saturated rings. The fourth-order valence-electron chi connectivity index (χ4n) is 4.07. The largest absolute Gasteiger partial charge is 0.497 e. The normalized spacial score (nSPS) is 11.2. The molecule has 2 aromatic heterocycles. The molecule has 0 aliphatic rings. The zero-order valence-electron chi connectivity index (χ0n) is 20.8. The van der Waals surface area contributed by atoms with E-state index in [2.05, 4.69) is 5.32 Å². The number of anilines is 1. The number of carbonyl (C=O) groups is 1. The SMILES string of the molecule is COc1ccc(-c2nn(-c3ccccc3)cc2C(=O)Nc2ccc3oc(=O)n(CCN(C)C)c3c2)cc1. The molecule has 37 heavy (non-hydrogen) atoms. The summed E-state index contributed by atoms with van der Waals surface area (Å²) >= 11 is 0. The maximum atomic E-state index is 13.5. The molecule has 1 amide bonds. The number of ether oxygens (including phenoxy) is 1. The lowest BCUT2D eigenvalue weighted by Crippen LogP contribution is -2.23. The topological polar surface area (TPSA) is 94.5 Å². The maximum Gasteiger partial charge on any atom is 0.419 e. The first-order valence-corrected chi connectivity index (χ1v) is 11.8. The third kappa shape index (κ3) is 5.03. The molecule has 0 aliphatic heterocycles. The number of carbonyl (C=O) groups excluding carboxylic acids is 1. The molecule has 188 valence electrons. The van der Waals surface area contributed by atoms with E-state index < -0.39 is 5.76 Å². The van der Waals surface area contributed by atoms with Crippen LogP contribution < -0.4 is 15.8 Å². The van der Waals surface area contributed by atoms with Crippen LogP contribution in [-0.2, 0) is 6.54 Å². The number of likely N-dealkylation sites (N-methyl/N-ethyl adjacent to an activating group) is 1.